The van der Waals surface area contributed by atoms with Gasteiger partial charge in [-0.15, -0.1) is 5.10 Å². The predicted molar refractivity (Wildman–Crippen MR) is 137 cm³/mol. The van der Waals surface area contributed by atoms with Crippen LogP contribution in [0.5, 0.6) is 0 Å². The molecule has 1 aliphatic carbocycles. The van der Waals surface area contributed by atoms with E-state index in [0.717, 1.165) is 40.7 Å². The van der Waals surface area contributed by atoms with Gasteiger partial charge in [-0.05, 0) is 42.7 Å². The van der Waals surface area contributed by atoms with Crippen LogP contribution in [0.25, 0.3) is 27.8 Å². The van der Waals surface area contributed by atoms with Gasteiger partial charge in [0.25, 0.3) is 0 Å². The molecule has 38 heavy (non-hydrogen) atoms. The van der Waals surface area contributed by atoms with Crippen molar-refractivity contribution in [2.75, 3.05) is 25.5 Å². The molecule has 13 heteroatoms. The van der Waals surface area contributed by atoms with E-state index < -0.39 is 0 Å². The van der Waals surface area contributed by atoms with Crippen LogP contribution >= 0.6 is 0 Å². The number of fused-ring (bicyclic) bond motifs is 2. The topological polar surface area (TPSA) is 148 Å². The number of imidazole rings is 1. The quantitative estimate of drug-likeness (QED) is 0.298. The van der Waals surface area contributed by atoms with E-state index in [4.69, 9.17) is 5.11 Å². The molecule has 0 atom stereocenters. The van der Waals surface area contributed by atoms with E-state index in [2.05, 4.69) is 30.8 Å². The Bertz CT molecular complexity index is 1650. The number of rotatable bonds is 9. The van der Waals surface area contributed by atoms with E-state index in [-0.39, 0.29) is 37.4 Å². The van der Waals surface area contributed by atoms with E-state index in [1.165, 1.54) is 4.90 Å². The standard InChI is InChI=1S/C25H26N10O3/c1-32(8-9-36)24(37)15-33-12-18(11-26-33)17-4-6-20-21(10-17)34(31-29-20)13-19-5-7-23-27-22(14-35(23)30-19)28-25(38)16-2-3-16/h4-7,10-12,14,16,36H,2-3,8-9,13,15H2,1H3,(H,28,38). The zero-order valence-corrected chi connectivity index (χ0v) is 20.7. The number of anilines is 1. The fraction of sp³-hybridized carbons (Fsp3) is 0.320. The third-order valence-electron chi connectivity index (χ3n) is 6.53. The molecule has 6 rings (SSSR count). The summed E-state index contributed by atoms with van der Waals surface area (Å²) in [5.74, 6) is 0.463. The summed E-state index contributed by atoms with van der Waals surface area (Å²) in [6.07, 6.45) is 7.10. The van der Waals surface area contributed by atoms with Gasteiger partial charge < -0.3 is 15.3 Å². The van der Waals surface area contributed by atoms with E-state index in [9.17, 15) is 9.59 Å². The zero-order valence-electron chi connectivity index (χ0n) is 20.7. The van der Waals surface area contributed by atoms with Crippen LogP contribution in [-0.4, -0.2) is 81.4 Å². The lowest BCUT2D eigenvalue weighted by Gasteiger charge is -2.15. The summed E-state index contributed by atoms with van der Waals surface area (Å²) < 4.78 is 5.00. The molecule has 0 saturated heterocycles. The molecular weight excluding hydrogens is 488 g/mol. The number of amides is 2. The Morgan fingerprint density at radius 2 is 2.03 bits per heavy atom. The Labute approximate surface area is 216 Å². The van der Waals surface area contributed by atoms with E-state index in [0.29, 0.717) is 18.0 Å². The van der Waals surface area contributed by atoms with Gasteiger partial charge in [0.2, 0.25) is 11.8 Å². The van der Waals surface area contributed by atoms with Crippen molar-refractivity contribution in [2.24, 2.45) is 5.92 Å². The SMILES string of the molecule is CN(CCO)C(=O)Cn1cc(-c2ccc3nnn(Cc4ccc5nc(NC(=O)C6CC6)cn5n4)c3c2)cn1. The smallest absolute Gasteiger partial charge is 0.244 e. The summed E-state index contributed by atoms with van der Waals surface area (Å²) >= 11 is 0. The summed E-state index contributed by atoms with van der Waals surface area (Å²) in [5.41, 5.74) is 4.75. The van der Waals surface area contributed by atoms with Crippen LogP contribution in [0.3, 0.4) is 0 Å². The molecule has 4 heterocycles. The molecule has 1 fully saturated rings. The van der Waals surface area contributed by atoms with Crippen LogP contribution < -0.4 is 5.32 Å². The second-order valence-corrected chi connectivity index (χ2v) is 9.43. The predicted octanol–water partition coefficient (Wildman–Crippen LogP) is 1.18. The highest BCUT2D eigenvalue weighted by Gasteiger charge is 2.30. The summed E-state index contributed by atoms with van der Waals surface area (Å²) in [6, 6.07) is 9.55. The number of hydrogen-bond donors (Lipinski definition) is 2. The van der Waals surface area contributed by atoms with Crippen molar-refractivity contribution in [1.82, 2.24) is 44.3 Å². The van der Waals surface area contributed by atoms with Gasteiger partial charge in [0.1, 0.15) is 12.1 Å². The molecule has 13 nitrogen and oxygen atoms in total. The summed E-state index contributed by atoms with van der Waals surface area (Å²) in [7, 11) is 1.65. The number of aliphatic hydroxyl groups is 1. The normalized spacial score (nSPS) is 13.3. The second-order valence-electron chi connectivity index (χ2n) is 9.43. The Kier molecular flexibility index (Phi) is 6.04. The Hall–Kier alpha value is -4.65. The largest absolute Gasteiger partial charge is 0.395 e. The van der Waals surface area contributed by atoms with Gasteiger partial charge in [-0.1, -0.05) is 11.3 Å². The molecule has 194 valence electrons. The summed E-state index contributed by atoms with van der Waals surface area (Å²) in [5, 5.41) is 29.4. The molecule has 0 radical (unpaired) electrons. The van der Waals surface area contributed by atoms with Crippen molar-refractivity contribution < 1.29 is 14.7 Å². The highest BCUT2D eigenvalue weighted by atomic mass is 16.3. The van der Waals surface area contributed by atoms with Crippen LogP contribution in [-0.2, 0) is 22.7 Å². The van der Waals surface area contributed by atoms with Crippen LogP contribution in [0.4, 0.5) is 5.82 Å². The monoisotopic (exact) mass is 514 g/mol. The average Bonchev–Trinajstić information content (AvgIpc) is 3.34. The number of aliphatic hydroxyl groups excluding tert-OH is 1. The highest BCUT2D eigenvalue weighted by Crippen LogP contribution is 2.30. The minimum absolute atomic E-state index is 0.00435. The molecule has 2 amide bonds. The van der Waals surface area contributed by atoms with Gasteiger partial charge in [0.15, 0.2) is 11.5 Å². The number of nitrogens with zero attached hydrogens (tertiary/aromatic N) is 9. The number of hydrogen-bond acceptors (Lipinski definition) is 8. The van der Waals surface area contributed by atoms with Gasteiger partial charge in [0.05, 0.1) is 36.8 Å². The number of likely N-dealkylation sites (N-methyl/N-ethyl adjacent to an activating group) is 1. The minimum atomic E-state index is -0.133. The molecule has 0 spiro atoms. The molecule has 0 unspecified atom stereocenters. The fourth-order valence-corrected chi connectivity index (χ4v) is 4.19. The van der Waals surface area contributed by atoms with Gasteiger partial charge >= 0.3 is 0 Å². The summed E-state index contributed by atoms with van der Waals surface area (Å²) in [6.45, 7) is 0.677. The lowest BCUT2D eigenvalue weighted by molar-refractivity contribution is -0.131. The summed E-state index contributed by atoms with van der Waals surface area (Å²) in [4.78, 5) is 30.2. The maximum atomic E-state index is 12.3. The maximum absolute atomic E-state index is 12.3. The van der Waals surface area contributed by atoms with Crippen LogP contribution in [0.1, 0.15) is 18.5 Å². The third-order valence-corrected chi connectivity index (χ3v) is 6.53. The number of carbonyl (C=O) groups is 2. The molecule has 4 aromatic heterocycles. The Morgan fingerprint density at radius 1 is 1.16 bits per heavy atom. The van der Waals surface area contributed by atoms with Crippen molar-refractivity contribution in [2.45, 2.75) is 25.9 Å². The van der Waals surface area contributed by atoms with Gasteiger partial charge in [0, 0.05) is 31.3 Å². The molecule has 2 N–H and O–H groups in total. The van der Waals surface area contributed by atoms with Crippen LogP contribution in [0, 0.1) is 5.92 Å². The molecule has 1 aromatic carbocycles. The molecule has 5 aromatic rings. The first-order valence-corrected chi connectivity index (χ1v) is 12.3. The highest BCUT2D eigenvalue weighted by molar-refractivity contribution is 5.93. The van der Waals surface area contributed by atoms with Crippen LogP contribution in [0.2, 0.25) is 0 Å². The lowest BCUT2D eigenvalue weighted by Crippen LogP contribution is -2.32. The second kappa shape index (κ2) is 9.67. The minimum Gasteiger partial charge on any atom is -0.395 e. The van der Waals surface area contributed by atoms with Crippen molar-refractivity contribution in [3.05, 3.63) is 54.6 Å². The van der Waals surface area contributed by atoms with E-state index in [1.807, 2.05) is 36.5 Å². The van der Waals surface area contributed by atoms with Crippen molar-refractivity contribution in [1.29, 1.82) is 0 Å². The molecule has 1 saturated carbocycles. The van der Waals surface area contributed by atoms with E-state index in [1.54, 1.807) is 33.3 Å². The zero-order chi connectivity index (χ0) is 26.2. The van der Waals surface area contributed by atoms with Gasteiger partial charge in [-0.25, -0.2) is 14.2 Å². The average molecular weight is 515 g/mol. The molecule has 0 bridgehead atoms. The fourth-order valence-electron chi connectivity index (χ4n) is 4.19. The van der Waals surface area contributed by atoms with Crippen molar-refractivity contribution in [3.8, 4) is 11.1 Å². The van der Waals surface area contributed by atoms with Crippen LogP contribution in [0.15, 0.2) is 48.9 Å². The number of carbonyl (C=O) groups excluding carboxylic acids is 2. The van der Waals surface area contributed by atoms with Gasteiger partial charge in [-0.3, -0.25) is 14.3 Å². The first kappa shape index (κ1) is 23.7. The number of nitrogens with one attached hydrogen (secondary N) is 1. The van der Waals surface area contributed by atoms with Crippen molar-refractivity contribution in [3.63, 3.8) is 0 Å². The third kappa shape index (κ3) is 4.83. The Balaban J connectivity index is 1.20. The molecule has 0 aliphatic heterocycles. The van der Waals surface area contributed by atoms with Crippen molar-refractivity contribution >= 4 is 34.3 Å². The first-order valence-electron chi connectivity index (χ1n) is 12.3. The number of aromatic nitrogens is 8. The Morgan fingerprint density at radius 3 is 2.84 bits per heavy atom. The molecular formula is C25H26N10O3. The molecule has 1 aliphatic rings. The first-order chi connectivity index (χ1) is 18.5. The van der Waals surface area contributed by atoms with Gasteiger partial charge in [-0.2, -0.15) is 10.2 Å². The lowest BCUT2D eigenvalue weighted by atomic mass is 10.1. The number of benzene rings is 1. The maximum Gasteiger partial charge on any atom is 0.244 e. The van der Waals surface area contributed by atoms with E-state index >= 15 is 0 Å².